The number of amides is 1. The van der Waals surface area contributed by atoms with Crippen LogP contribution >= 0.6 is 0 Å². The lowest BCUT2D eigenvalue weighted by Gasteiger charge is -2.30. The molecule has 0 saturated heterocycles. The predicted octanol–water partition coefficient (Wildman–Crippen LogP) is 5.73. The highest BCUT2D eigenvalue weighted by Crippen LogP contribution is 2.28. The average molecular weight is 524 g/mol. The Morgan fingerprint density at radius 2 is 1.79 bits per heavy atom. The van der Waals surface area contributed by atoms with E-state index in [2.05, 4.69) is 44.0 Å². The number of pyridine rings is 1. The van der Waals surface area contributed by atoms with Crippen LogP contribution in [0.2, 0.25) is 0 Å². The summed E-state index contributed by atoms with van der Waals surface area (Å²) >= 11 is 0. The zero-order valence-corrected chi connectivity index (χ0v) is 24.7. The van der Waals surface area contributed by atoms with Crippen molar-refractivity contribution in [2.45, 2.75) is 73.3 Å². The fraction of sp³-hybridized carbons (Fsp3) is 0.500. The lowest BCUT2D eigenvalue weighted by atomic mass is 10.0. The summed E-state index contributed by atoms with van der Waals surface area (Å²) in [6, 6.07) is 11.6. The third kappa shape index (κ3) is 9.49. The maximum atomic E-state index is 12.3. The van der Waals surface area contributed by atoms with Crippen LogP contribution in [-0.4, -0.2) is 52.7 Å². The van der Waals surface area contributed by atoms with Gasteiger partial charge in [-0.05, 0) is 43.7 Å². The second-order valence-electron chi connectivity index (χ2n) is 9.66. The van der Waals surface area contributed by atoms with Gasteiger partial charge in [-0.15, -0.1) is 0 Å². The zero-order valence-electron chi connectivity index (χ0n) is 24.7. The van der Waals surface area contributed by atoms with E-state index in [1.54, 1.807) is 7.05 Å². The summed E-state index contributed by atoms with van der Waals surface area (Å²) in [6.45, 7) is 13.6. The highest BCUT2D eigenvalue weighted by atomic mass is 16.1. The molecular formula is C30H49N7O. The number of hydrazone groups is 1. The molecule has 8 nitrogen and oxygen atoms in total. The van der Waals surface area contributed by atoms with Gasteiger partial charge >= 0.3 is 0 Å². The molecule has 38 heavy (non-hydrogen) atoms. The number of rotatable bonds is 13. The molecule has 0 radical (unpaired) electrons. The number of carbonyl (C=O) groups excluding carboxylic acids is 1. The van der Waals surface area contributed by atoms with Gasteiger partial charge in [-0.25, -0.2) is 5.84 Å². The quantitative estimate of drug-likeness (QED) is 0.114. The van der Waals surface area contributed by atoms with Crippen molar-refractivity contribution in [2.24, 2.45) is 22.7 Å². The van der Waals surface area contributed by atoms with Gasteiger partial charge in [0.1, 0.15) is 0 Å². The molecule has 1 aromatic carbocycles. The van der Waals surface area contributed by atoms with Gasteiger partial charge in [0.25, 0.3) is 0 Å². The molecule has 0 saturated carbocycles. The van der Waals surface area contributed by atoms with Crippen molar-refractivity contribution in [2.75, 3.05) is 20.6 Å². The third-order valence-corrected chi connectivity index (χ3v) is 6.25. The number of amidine groups is 1. The van der Waals surface area contributed by atoms with Gasteiger partial charge < -0.3 is 15.6 Å². The first-order valence-corrected chi connectivity index (χ1v) is 13.7. The molecule has 0 aliphatic rings. The van der Waals surface area contributed by atoms with E-state index in [1.807, 2.05) is 68.3 Å². The summed E-state index contributed by atoms with van der Waals surface area (Å²) in [5.74, 6) is 12.6. The monoisotopic (exact) mass is 523 g/mol. The summed E-state index contributed by atoms with van der Waals surface area (Å²) in [6.07, 6.45) is 8.93. The van der Waals surface area contributed by atoms with Gasteiger partial charge in [0.05, 0.1) is 11.7 Å². The largest absolute Gasteiger partial charge is 0.379 e. The fourth-order valence-corrected chi connectivity index (χ4v) is 4.03. The van der Waals surface area contributed by atoms with Crippen LogP contribution in [0.4, 0.5) is 0 Å². The van der Waals surface area contributed by atoms with Gasteiger partial charge in [0.15, 0.2) is 5.84 Å². The van der Waals surface area contributed by atoms with Crippen LogP contribution in [0, 0.1) is 5.92 Å². The lowest BCUT2D eigenvalue weighted by Crippen LogP contribution is -2.35. The van der Waals surface area contributed by atoms with E-state index in [4.69, 9.17) is 16.7 Å². The number of hydrogen-bond donors (Lipinski definition) is 2. The highest BCUT2D eigenvalue weighted by Gasteiger charge is 2.20. The first-order chi connectivity index (χ1) is 18.2. The average Bonchev–Trinajstić information content (AvgIpc) is 2.92. The fourth-order valence-electron chi connectivity index (χ4n) is 4.03. The summed E-state index contributed by atoms with van der Waals surface area (Å²) < 4.78 is 0. The van der Waals surface area contributed by atoms with Crippen molar-refractivity contribution < 1.29 is 4.79 Å². The lowest BCUT2D eigenvalue weighted by molar-refractivity contribution is -0.118. The molecule has 2 aromatic rings. The molecule has 4 N–H and O–H groups in total. The van der Waals surface area contributed by atoms with Crippen LogP contribution in [0.25, 0.3) is 11.3 Å². The molecule has 1 heterocycles. The van der Waals surface area contributed by atoms with Crippen molar-refractivity contribution in [1.82, 2.24) is 19.8 Å². The van der Waals surface area contributed by atoms with Crippen LogP contribution in [0.5, 0.6) is 0 Å². The standard InChI is InChI=1S/C28H43N7O.C2H6/c1-7-8-11-24(19-33(5)17-16-21(2)3)35(20-36)22(4)23-14-15-27(31-18-23)25-12-9-10-13-26(25)28(32-29)34(6)30;1-2/h9-10,12-15,18-22H,7-8,11,16-17,29-30H2,1-6H3;1-2H3/b24-19-,32-28-;. The first kappa shape index (κ1) is 32.6. The topological polar surface area (TPSA) is 104 Å². The Labute approximate surface area is 230 Å². The van der Waals surface area contributed by atoms with Gasteiger partial charge in [0.2, 0.25) is 6.41 Å². The van der Waals surface area contributed by atoms with Crippen molar-refractivity contribution in [3.63, 3.8) is 0 Å². The van der Waals surface area contributed by atoms with E-state index in [0.717, 1.165) is 66.7 Å². The van der Waals surface area contributed by atoms with E-state index in [1.165, 1.54) is 5.01 Å². The van der Waals surface area contributed by atoms with Crippen molar-refractivity contribution in [1.29, 1.82) is 0 Å². The molecule has 0 bridgehead atoms. The Balaban J connectivity index is 0.00000352. The number of unbranched alkanes of at least 4 members (excludes halogenated alkanes) is 1. The number of allylic oxidation sites excluding steroid dienone is 1. The maximum absolute atomic E-state index is 12.3. The second-order valence-corrected chi connectivity index (χ2v) is 9.66. The van der Waals surface area contributed by atoms with Crippen LogP contribution in [0.1, 0.15) is 84.4 Å². The van der Waals surface area contributed by atoms with Gasteiger partial charge in [-0.2, -0.15) is 5.10 Å². The SMILES string of the molecule is CC.CCCC/C(=C/N(C)CCC(C)C)N(C=O)C(C)c1ccc(-c2ccccc2/C(=N/N)N(C)N)nc1. The van der Waals surface area contributed by atoms with Crippen molar-refractivity contribution >= 4 is 12.2 Å². The van der Waals surface area contributed by atoms with E-state index in [0.29, 0.717) is 11.8 Å². The van der Waals surface area contributed by atoms with E-state index >= 15 is 0 Å². The maximum Gasteiger partial charge on any atom is 0.214 e. The molecule has 0 aliphatic carbocycles. The summed E-state index contributed by atoms with van der Waals surface area (Å²) in [4.78, 5) is 21.0. The van der Waals surface area contributed by atoms with Crippen LogP contribution in [0.15, 0.2) is 59.6 Å². The third-order valence-electron chi connectivity index (χ3n) is 6.25. The molecule has 0 spiro atoms. The predicted molar refractivity (Wildman–Crippen MR) is 160 cm³/mol. The summed E-state index contributed by atoms with van der Waals surface area (Å²) in [5, 5.41) is 5.24. The van der Waals surface area contributed by atoms with Crippen molar-refractivity contribution in [3.05, 3.63) is 65.6 Å². The van der Waals surface area contributed by atoms with Gasteiger partial charge in [-0.1, -0.05) is 71.4 Å². The number of nitrogens with zero attached hydrogens (tertiary/aromatic N) is 5. The molecule has 2 rings (SSSR count). The smallest absolute Gasteiger partial charge is 0.214 e. The van der Waals surface area contributed by atoms with E-state index < -0.39 is 0 Å². The number of hydrazine groups is 1. The molecule has 1 amide bonds. The van der Waals surface area contributed by atoms with Gasteiger partial charge in [-0.3, -0.25) is 14.8 Å². The van der Waals surface area contributed by atoms with Crippen LogP contribution < -0.4 is 11.7 Å². The minimum absolute atomic E-state index is 0.155. The van der Waals surface area contributed by atoms with Gasteiger partial charge in [0, 0.05) is 49.9 Å². The Morgan fingerprint density at radius 3 is 2.32 bits per heavy atom. The Bertz CT molecular complexity index is 1020. The Hall–Kier alpha value is -3.39. The number of carbonyl (C=O) groups is 1. The molecule has 1 aromatic heterocycles. The summed E-state index contributed by atoms with van der Waals surface area (Å²) in [7, 11) is 3.77. The Morgan fingerprint density at radius 1 is 1.11 bits per heavy atom. The second kappa shape index (κ2) is 17.2. The molecule has 1 atom stereocenters. The highest BCUT2D eigenvalue weighted by molar-refractivity contribution is 6.03. The zero-order chi connectivity index (χ0) is 28.7. The molecular weight excluding hydrogens is 474 g/mol. The minimum Gasteiger partial charge on any atom is -0.379 e. The van der Waals surface area contributed by atoms with Crippen molar-refractivity contribution in [3.8, 4) is 11.3 Å². The van der Waals surface area contributed by atoms with Crippen LogP contribution in [0.3, 0.4) is 0 Å². The number of nitrogens with two attached hydrogens (primary N) is 2. The molecule has 1 unspecified atom stereocenters. The number of aromatic nitrogens is 1. The number of benzene rings is 1. The molecule has 0 aliphatic heterocycles. The summed E-state index contributed by atoms with van der Waals surface area (Å²) in [5.41, 5.74) is 4.43. The molecule has 8 heteroatoms. The minimum atomic E-state index is -0.155. The van der Waals surface area contributed by atoms with Crippen LogP contribution in [-0.2, 0) is 4.79 Å². The number of hydrogen-bond acceptors (Lipinski definition) is 6. The Kier molecular flexibility index (Phi) is 14.8. The molecule has 210 valence electrons. The van der Waals surface area contributed by atoms with E-state index in [9.17, 15) is 4.79 Å². The van der Waals surface area contributed by atoms with E-state index in [-0.39, 0.29) is 6.04 Å². The normalized spacial score (nSPS) is 12.5. The molecule has 0 fully saturated rings. The first-order valence-electron chi connectivity index (χ1n) is 13.7.